The molecule has 2 atom stereocenters. The van der Waals surface area contributed by atoms with Crippen LogP contribution in [0.15, 0.2) is 16.9 Å². The van der Waals surface area contributed by atoms with Crippen molar-refractivity contribution in [3.8, 4) is 0 Å². The Morgan fingerprint density at radius 3 is 2.76 bits per heavy atom. The number of likely N-dealkylation sites (tertiary alicyclic amines) is 1. The van der Waals surface area contributed by atoms with Gasteiger partial charge in [-0.3, -0.25) is 9.59 Å². The average molecular weight is 344 g/mol. The maximum atomic E-state index is 13.0. The first-order chi connectivity index (χ1) is 12.0. The van der Waals surface area contributed by atoms with Crippen molar-refractivity contribution in [2.75, 3.05) is 40.3 Å². The maximum absolute atomic E-state index is 13.0. The highest BCUT2D eigenvalue weighted by atomic mass is 16.2. The number of piperidine rings is 2. The highest BCUT2D eigenvalue weighted by Crippen LogP contribution is 2.31. The zero-order valence-electron chi connectivity index (χ0n) is 15.2. The third kappa shape index (κ3) is 3.02. The summed E-state index contributed by atoms with van der Waals surface area (Å²) in [6.07, 6.45) is 3.09. The van der Waals surface area contributed by atoms with Gasteiger partial charge in [0.2, 0.25) is 0 Å². The van der Waals surface area contributed by atoms with Gasteiger partial charge >= 0.3 is 0 Å². The van der Waals surface area contributed by atoms with E-state index in [4.69, 9.17) is 0 Å². The monoisotopic (exact) mass is 344 g/mol. The molecule has 0 aliphatic carbocycles. The number of nitrogens with zero attached hydrogens (tertiary/aromatic N) is 3. The summed E-state index contributed by atoms with van der Waals surface area (Å²) in [6, 6.07) is 4.00. The van der Waals surface area contributed by atoms with Crippen LogP contribution in [0.3, 0.4) is 0 Å². The summed E-state index contributed by atoms with van der Waals surface area (Å²) in [5.41, 5.74) is 1.32. The summed E-state index contributed by atoms with van der Waals surface area (Å²) in [7, 11) is 3.96. The fourth-order valence-corrected chi connectivity index (χ4v) is 4.69. The van der Waals surface area contributed by atoms with Crippen LogP contribution in [-0.2, 0) is 6.54 Å². The second kappa shape index (κ2) is 6.57. The molecule has 25 heavy (non-hydrogen) atoms. The molecule has 2 bridgehead atoms. The van der Waals surface area contributed by atoms with Crippen molar-refractivity contribution >= 4 is 5.91 Å². The van der Waals surface area contributed by atoms with Gasteiger partial charge in [-0.1, -0.05) is 0 Å². The minimum absolute atomic E-state index is 0.0983. The Bertz CT molecular complexity index is 721. The second-order valence-electron chi connectivity index (χ2n) is 8.00. The quantitative estimate of drug-likeness (QED) is 0.859. The number of aromatic nitrogens is 1. The first-order valence-electron chi connectivity index (χ1n) is 9.44. The summed E-state index contributed by atoms with van der Waals surface area (Å²) < 4.78 is 1.87. The van der Waals surface area contributed by atoms with Gasteiger partial charge in [0.15, 0.2) is 0 Å². The lowest BCUT2D eigenvalue weighted by Gasteiger charge is -2.38. The van der Waals surface area contributed by atoms with E-state index in [2.05, 4.69) is 17.3 Å². The largest absolute Gasteiger partial charge is 0.338 e. The minimum atomic E-state index is -0.122. The Labute approximate surface area is 148 Å². The molecular weight excluding hydrogens is 316 g/mol. The van der Waals surface area contributed by atoms with E-state index in [0.29, 0.717) is 17.4 Å². The summed E-state index contributed by atoms with van der Waals surface area (Å²) in [5.74, 6) is 0.778. The van der Waals surface area contributed by atoms with Crippen molar-refractivity contribution < 1.29 is 4.79 Å². The summed E-state index contributed by atoms with van der Waals surface area (Å²) >= 11 is 0. The molecule has 0 unspecified atom stereocenters. The lowest BCUT2D eigenvalue weighted by molar-refractivity contribution is 0.0656. The lowest BCUT2D eigenvalue weighted by Crippen LogP contribution is -2.48. The number of fused-ring (bicyclic) bond motifs is 4. The number of amides is 1. The van der Waals surface area contributed by atoms with Crippen molar-refractivity contribution in [3.63, 3.8) is 0 Å². The number of hydrogen-bond donors (Lipinski definition) is 1. The van der Waals surface area contributed by atoms with Crippen LogP contribution in [0.1, 0.15) is 41.2 Å². The van der Waals surface area contributed by atoms with Gasteiger partial charge < -0.3 is 19.7 Å². The summed E-state index contributed by atoms with van der Waals surface area (Å²) in [6.45, 7) is 4.63. The van der Waals surface area contributed by atoms with E-state index in [1.165, 1.54) is 0 Å². The zero-order valence-corrected chi connectivity index (χ0v) is 15.2. The zero-order chi connectivity index (χ0) is 17.6. The van der Waals surface area contributed by atoms with Crippen LogP contribution in [0.5, 0.6) is 0 Å². The highest BCUT2D eigenvalue weighted by Gasteiger charge is 2.33. The molecule has 2 fully saturated rings. The number of nitrogens with one attached hydrogen (secondary N) is 1. The lowest BCUT2D eigenvalue weighted by atomic mass is 9.84. The Kier molecular flexibility index (Phi) is 4.41. The molecule has 0 aromatic carbocycles. The number of carbonyl (C=O) groups excluding carboxylic acids is 1. The number of hydrogen-bond acceptors (Lipinski definition) is 4. The van der Waals surface area contributed by atoms with Crippen LogP contribution in [0.2, 0.25) is 0 Å². The third-order valence-electron chi connectivity index (χ3n) is 6.30. The van der Waals surface area contributed by atoms with E-state index in [-0.39, 0.29) is 17.5 Å². The van der Waals surface area contributed by atoms with Gasteiger partial charge in [0.1, 0.15) is 5.56 Å². The fraction of sp³-hybridized carbons (Fsp3) is 0.684. The van der Waals surface area contributed by atoms with Gasteiger partial charge in [0, 0.05) is 37.8 Å². The van der Waals surface area contributed by atoms with E-state index < -0.39 is 0 Å². The maximum Gasteiger partial charge on any atom is 0.263 e. The number of rotatable bonds is 2. The Morgan fingerprint density at radius 2 is 2.00 bits per heavy atom. The van der Waals surface area contributed by atoms with Gasteiger partial charge in [-0.25, -0.2) is 0 Å². The molecule has 4 heterocycles. The molecule has 1 amide bonds. The van der Waals surface area contributed by atoms with Crippen LogP contribution >= 0.6 is 0 Å². The van der Waals surface area contributed by atoms with Crippen molar-refractivity contribution in [2.45, 2.75) is 37.8 Å². The van der Waals surface area contributed by atoms with Gasteiger partial charge in [-0.2, -0.15) is 0 Å². The van der Waals surface area contributed by atoms with Crippen molar-refractivity contribution in [2.24, 2.45) is 5.92 Å². The Morgan fingerprint density at radius 1 is 1.24 bits per heavy atom. The van der Waals surface area contributed by atoms with Crippen LogP contribution in [0.25, 0.3) is 0 Å². The highest BCUT2D eigenvalue weighted by molar-refractivity contribution is 5.94. The molecule has 0 saturated carbocycles. The molecule has 6 heteroatoms. The van der Waals surface area contributed by atoms with Gasteiger partial charge in [0.05, 0.1) is 0 Å². The molecule has 0 spiro atoms. The van der Waals surface area contributed by atoms with Crippen molar-refractivity contribution in [3.05, 3.63) is 33.7 Å². The molecule has 1 aromatic heterocycles. The third-order valence-corrected chi connectivity index (χ3v) is 6.30. The number of pyridine rings is 1. The molecule has 2 saturated heterocycles. The Hall–Kier alpha value is -1.66. The molecule has 6 nitrogen and oxygen atoms in total. The standard InChI is InChI=1S/C19H28N4O2/c1-21-7-5-15(6-8-21)22(2)18(24)16-3-4-17-14-9-13(10-20-11-14)12-23(17)19(16)25/h3-4,13-15,20H,5-12H2,1-2H3/t13-,14+/m0/s1. The smallest absolute Gasteiger partial charge is 0.263 e. The fourth-order valence-electron chi connectivity index (χ4n) is 4.69. The van der Waals surface area contributed by atoms with Crippen LogP contribution in [-0.4, -0.2) is 66.6 Å². The minimum Gasteiger partial charge on any atom is -0.338 e. The molecular formula is C19H28N4O2. The van der Waals surface area contributed by atoms with Crippen LogP contribution in [0.4, 0.5) is 0 Å². The van der Waals surface area contributed by atoms with Crippen molar-refractivity contribution in [1.82, 2.24) is 19.7 Å². The van der Waals surface area contributed by atoms with Gasteiger partial charge in [-0.05, 0) is 64.0 Å². The van der Waals surface area contributed by atoms with E-state index in [1.54, 1.807) is 11.0 Å². The summed E-state index contributed by atoms with van der Waals surface area (Å²) in [4.78, 5) is 30.1. The van der Waals surface area contributed by atoms with E-state index in [0.717, 1.165) is 57.7 Å². The van der Waals surface area contributed by atoms with E-state index >= 15 is 0 Å². The normalized spacial score (nSPS) is 27.0. The predicted molar refractivity (Wildman–Crippen MR) is 97.0 cm³/mol. The Balaban J connectivity index is 1.59. The second-order valence-corrected chi connectivity index (χ2v) is 8.00. The molecule has 3 aliphatic rings. The van der Waals surface area contributed by atoms with E-state index in [1.807, 2.05) is 17.7 Å². The first-order valence-corrected chi connectivity index (χ1v) is 9.44. The topological polar surface area (TPSA) is 57.6 Å². The summed E-state index contributed by atoms with van der Waals surface area (Å²) in [5, 5.41) is 3.45. The van der Waals surface area contributed by atoms with Crippen LogP contribution < -0.4 is 10.9 Å². The SMILES string of the molecule is CN1CCC(N(C)C(=O)c2ccc3n(c2=O)C[C@@H]2CNC[C@H]3C2)CC1. The molecule has 1 N–H and O–H groups in total. The molecule has 4 rings (SSSR count). The first kappa shape index (κ1) is 16.8. The van der Waals surface area contributed by atoms with Gasteiger partial charge in [0.25, 0.3) is 11.5 Å². The predicted octanol–water partition coefficient (Wildman–Crippen LogP) is 0.721. The van der Waals surface area contributed by atoms with Crippen molar-refractivity contribution in [1.29, 1.82) is 0 Å². The molecule has 3 aliphatic heterocycles. The molecule has 0 radical (unpaired) electrons. The molecule has 1 aromatic rings. The molecule has 136 valence electrons. The average Bonchev–Trinajstić information content (AvgIpc) is 2.62. The van der Waals surface area contributed by atoms with E-state index in [9.17, 15) is 9.59 Å². The van der Waals surface area contributed by atoms with Gasteiger partial charge in [-0.15, -0.1) is 0 Å². The number of carbonyl (C=O) groups is 1. The van der Waals surface area contributed by atoms with Crippen LogP contribution in [0, 0.1) is 5.92 Å².